The van der Waals surface area contributed by atoms with E-state index in [0.29, 0.717) is 6.07 Å². The van der Waals surface area contributed by atoms with Crippen LogP contribution >= 0.6 is 0 Å². The van der Waals surface area contributed by atoms with Crippen molar-refractivity contribution in [1.82, 2.24) is 4.98 Å². The summed E-state index contributed by atoms with van der Waals surface area (Å²) in [6.45, 7) is 0. The van der Waals surface area contributed by atoms with Crippen molar-refractivity contribution in [2.45, 2.75) is 12.5 Å². The normalized spacial score (nSPS) is 12.7. The summed E-state index contributed by atoms with van der Waals surface area (Å²) in [5.74, 6) is -0.803. The first-order valence-electron chi connectivity index (χ1n) is 5.06. The molecule has 0 aliphatic carbocycles. The van der Waals surface area contributed by atoms with Gasteiger partial charge in [-0.2, -0.15) is 13.2 Å². The monoisotopic (exact) mass is 297 g/mol. The maximum absolute atomic E-state index is 12.8. The van der Waals surface area contributed by atoms with E-state index in [0.717, 1.165) is 12.1 Å². The molecule has 0 saturated carbocycles. The Bertz CT molecular complexity index is 701. The summed E-state index contributed by atoms with van der Waals surface area (Å²) in [5.41, 5.74) is -2.57. The van der Waals surface area contributed by atoms with E-state index >= 15 is 0 Å². The fraction of sp³-hybridized carbons (Fsp3) is 0.182. The first-order chi connectivity index (χ1) is 9.06. The molecule has 3 nitrogen and oxygen atoms in total. The number of ether oxygens (including phenoxy) is 1. The zero-order chi connectivity index (χ0) is 15.1. The van der Waals surface area contributed by atoms with Gasteiger partial charge < -0.3 is 9.72 Å². The lowest BCUT2D eigenvalue weighted by Gasteiger charge is -2.12. The lowest BCUT2D eigenvalue weighted by Crippen LogP contribution is -2.17. The van der Waals surface area contributed by atoms with Gasteiger partial charge in [-0.25, -0.2) is 0 Å². The van der Waals surface area contributed by atoms with E-state index in [1.165, 1.54) is 0 Å². The topological polar surface area (TPSA) is 42.1 Å². The lowest BCUT2D eigenvalue weighted by molar-refractivity contribution is -0.274. The molecule has 0 unspecified atom stereocenters. The van der Waals surface area contributed by atoms with E-state index in [9.17, 15) is 31.1 Å². The molecule has 0 radical (unpaired) electrons. The number of alkyl halides is 6. The van der Waals surface area contributed by atoms with Crippen LogP contribution in [0.15, 0.2) is 29.1 Å². The quantitative estimate of drug-likeness (QED) is 0.819. The van der Waals surface area contributed by atoms with Crippen molar-refractivity contribution in [1.29, 1.82) is 0 Å². The number of rotatable bonds is 1. The third-order valence-corrected chi connectivity index (χ3v) is 2.35. The molecule has 2 aromatic rings. The highest BCUT2D eigenvalue weighted by Crippen LogP contribution is 2.35. The number of H-pyrrole nitrogens is 1. The maximum Gasteiger partial charge on any atom is 0.573 e. The number of hydrogen-bond acceptors (Lipinski definition) is 2. The largest absolute Gasteiger partial charge is 0.573 e. The molecule has 2 rings (SSSR count). The molecule has 108 valence electrons. The fourth-order valence-electron chi connectivity index (χ4n) is 1.66. The summed E-state index contributed by atoms with van der Waals surface area (Å²) in [6, 6.07) is 2.57. The van der Waals surface area contributed by atoms with Crippen LogP contribution in [-0.4, -0.2) is 11.3 Å². The van der Waals surface area contributed by atoms with Gasteiger partial charge in [0.25, 0.3) is 0 Å². The predicted molar refractivity (Wildman–Crippen MR) is 56.3 cm³/mol. The molecule has 1 heterocycles. The Kier molecular flexibility index (Phi) is 3.15. The SMILES string of the molecule is O=c1cc(C(F)(F)F)c2cc(OC(F)(F)F)ccc2[nH]1. The molecule has 9 heteroatoms. The number of hydrogen-bond donors (Lipinski definition) is 1. The van der Waals surface area contributed by atoms with E-state index in [2.05, 4.69) is 9.72 Å². The minimum absolute atomic E-state index is 0.237. The molecule has 0 saturated heterocycles. The van der Waals surface area contributed by atoms with Crippen LogP contribution in [0.3, 0.4) is 0 Å². The number of pyridine rings is 1. The molecule has 0 aliphatic rings. The lowest BCUT2D eigenvalue weighted by atomic mass is 10.1. The van der Waals surface area contributed by atoms with Gasteiger partial charge in [0.15, 0.2) is 0 Å². The zero-order valence-corrected chi connectivity index (χ0v) is 9.39. The first-order valence-corrected chi connectivity index (χ1v) is 5.06. The summed E-state index contributed by atoms with van der Waals surface area (Å²) >= 11 is 0. The Balaban J connectivity index is 2.67. The highest BCUT2D eigenvalue weighted by Gasteiger charge is 2.34. The second-order valence-corrected chi connectivity index (χ2v) is 3.80. The van der Waals surface area contributed by atoms with Crippen LogP contribution in [0.2, 0.25) is 0 Å². The molecule has 0 spiro atoms. The van der Waals surface area contributed by atoms with Crippen molar-refractivity contribution >= 4 is 10.9 Å². The van der Waals surface area contributed by atoms with Crippen LogP contribution in [0, 0.1) is 0 Å². The summed E-state index contributed by atoms with van der Waals surface area (Å²) < 4.78 is 77.9. The van der Waals surface area contributed by atoms with Gasteiger partial charge in [-0.05, 0) is 18.2 Å². The van der Waals surface area contributed by atoms with Crippen molar-refractivity contribution in [2.75, 3.05) is 0 Å². The molecule has 0 fully saturated rings. The van der Waals surface area contributed by atoms with Crippen LogP contribution in [0.1, 0.15) is 5.56 Å². The van der Waals surface area contributed by atoms with Crippen LogP contribution in [0.5, 0.6) is 5.75 Å². The van der Waals surface area contributed by atoms with Crippen LogP contribution < -0.4 is 10.3 Å². The van der Waals surface area contributed by atoms with Crippen molar-refractivity contribution in [3.63, 3.8) is 0 Å². The van der Waals surface area contributed by atoms with Gasteiger partial charge >= 0.3 is 12.5 Å². The Hall–Kier alpha value is -2.19. The van der Waals surface area contributed by atoms with Gasteiger partial charge in [0.2, 0.25) is 5.56 Å². The van der Waals surface area contributed by atoms with Gasteiger partial charge in [0.1, 0.15) is 5.75 Å². The van der Waals surface area contributed by atoms with Crippen molar-refractivity contribution < 1.29 is 31.1 Å². The number of fused-ring (bicyclic) bond motifs is 1. The predicted octanol–water partition coefficient (Wildman–Crippen LogP) is 3.45. The van der Waals surface area contributed by atoms with E-state index in [-0.39, 0.29) is 11.6 Å². The number of halogens is 6. The van der Waals surface area contributed by atoms with Crippen LogP contribution in [0.25, 0.3) is 10.9 Å². The molecular formula is C11H5F6NO2. The minimum Gasteiger partial charge on any atom is -0.406 e. The van der Waals surface area contributed by atoms with Crippen LogP contribution in [-0.2, 0) is 6.18 Å². The molecule has 20 heavy (non-hydrogen) atoms. The second-order valence-electron chi connectivity index (χ2n) is 3.80. The van der Waals surface area contributed by atoms with Crippen molar-refractivity contribution in [2.24, 2.45) is 0 Å². The van der Waals surface area contributed by atoms with E-state index in [1.54, 1.807) is 0 Å². The van der Waals surface area contributed by atoms with E-state index in [4.69, 9.17) is 0 Å². The average molecular weight is 297 g/mol. The molecule has 0 aliphatic heterocycles. The highest BCUT2D eigenvalue weighted by molar-refractivity contribution is 5.83. The number of aromatic nitrogens is 1. The minimum atomic E-state index is -5.02. The standard InChI is InChI=1S/C11H5F6NO2/c12-10(13,14)7-4-9(19)18-8-2-1-5(3-6(7)8)20-11(15,16)17/h1-4H,(H,18,19). The number of aromatic amines is 1. The Morgan fingerprint density at radius 3 is 2.20 bits per heavy atom. The van der Waals surface area contributed by atoms with Gasteiger partial charge in [0.05, 0.1) is 5.56 Å². The molecule has 1 aromatic heterocycles. The average Bonchev–Trinajstić information content (AvgIpc) is 2.25. The van der Waals surface area contributed by atoms with E-state index in [1.807, 2.05) is 0 Å². The summed E-state index contributed by atoms with van der Waals surface area (Å²) in [7, 11) is 0. The van der Waals surface area contributed by atoms with Gasteiger partial charge in [-0.3, -0.25) is 4.79 Å². The fourth-order valence-corrected chi connectivity index (χ4v) is 1.66. The first kappa shape index (κ1) is 14.2. The van der Waals surface area contributed by atoms with Crippen LogP contribution in [0.4, 0.5) is 26.3 Å². The molecule has 1 aromatic carbocycles. The summed E-state index contributed by atoms with van der Waals surface area (Å²) in [4.78, 5) is 13.2. The smallest absolute Gasteiger partial charge is 0.406 e. The van der Waals surface area contributed by atoms with Gasteiger partial charge in [0, 0.05) is 17.0 Å². The highest BCUT2D eigenvalue weighted by atomic mass is 19.4. The Morgan fingerprint density at radius 1 is 1.00 bits per heavy atom. The van der Waals surface area contributed by atoms with Crippen molar-refractivity contribution in [3.05, 3.63) is 40.2 Å². The number of nitrogens with one attached hydrogen (secondary N) is 1. The van der Waals surface area contributed by atoms with Gasteiger partial charge in [-0.1, -0.05) is 0 Å². The summed E-state index contributed by atoms with van der Waals surface area (Å²) in [6.07, 6.45) is -9.89. The van der Waals surface area contributed by atoms with Crippen molar-refractivity contribution in [3.8, 4) is 5.75 Å². The molecule has 0 bridgehead atoms. The summed E-state index contributed by atoms with van der Waals surface area (Å²) in [5, 5.41) is -0.584. The molecular weight excluding hydrogens is 292 g/mol. The van der Waals surface area contributed by atoms with E-state index < -0.39 is 34.8 Å². The second kappa shape index (κ2) is 4.43. The zero-order valence-electron chi connectivity index (χ0n) is 9.39. The Morgan fingerprint density at radius 2 is 1.65 bits per heavy atom. The third-order valence-electron chi connectivity index (χ3n) is 2.35. The molecule has 0 atom stereocenters. The molecule has 0 amide bonds. The third kappa shape index (κ3) is 3.03. The van der Waals surface area contributed by atoms with Gasteiger partial charge in [-0.15, -0.1) is 13.2 Å². The molecule has 1 N–H and O–H groups in total. The number of benzene rings is 1. The Labute approximate surface area is 106 Å². The maximum atomic E-state index is 12.8.